The molecule has 1 aromatic rings. The van der Waals surface area contributed by atoms with Crippen LogP contribution in [0.4, 0.5) is 5.69 Å². The second kappa shape index (κ2) is 6.13. The van der Waals surface area contributed by atoms with Crippen LogP contribution in [0.2, 0.25) is 0 Å². The minimum absolute atomic E-state index is 0.0944. The number of aryl methyl sites for hydroxylation is 1. The molecule has 1 amide bonds. The van der Waals surface area contributed by atoms with Crippen LogP contribution in [0.1, 0.15) is 35.2 Å². The van der Waals surface area contributed by atoms with Crippen LogP contribution in [0, 0.1) is 0 Å². The Morgan fingerprint density at radius 3 is 2.74 bits per heavy atom. The van der Waals surface area contributed by atoms with Crippen molar-refractivity contribution in [2.24, 2.45) is 0 Å². The van der Waals surface area contributed by atoms with Crippen LogP contribution < -0.4 is 4.31 Å². The second-order valence-electron chi connectivity index (χ2n) is 6.33. The molecule has 126 valence electrons. The Labute approximate surface area is 136 Å². The van der Waals surface area contributed by atoms with Crippen LogP contribution in [-0.4, -0.2) is 56.3 Å². The van der Waals surface area contributed by atoms with Gasteiger partial charge in [0, 0.05) is 25.2 Å². The average molecular weight is 338 g/mol. The fraction of sp³-hybridized carbons (Fsp3) is 0.562. The van der Waals surface area contributed by atoms with Crippen molar-refractivity contribution in [3.63, 3.8) is 0 Å². The quantitative estimate of drug-likeness (QED) is 0.872. The Kier molecular flexibility index (Phi) is 4.33. The van der Waals surface area contributed by atoms with Crippen LogP contribution in [0.15, 0.2) is 18.2 Å². The molecule has 3 rings (SSSR count). The smallest absolute Gasteiger partial charge is 0.253 e. The molecule has 0 aliphatic carbocycles. The van der Waals surface area contributed by atoms with Crippen LogP contribution in [-0.2, 0) is 16.4 Å². The molecule has 2 aliphatic rings. The number of aliphatic hydroxyl groups excluding tert-OH is 1. The monoisotopic (exact) mass is 338 g/mol. The summed E-state index contributed by atoms with van der Waals surface area (Å²) >= 11 is 0. The number of rotatable bonds is 2. The largest absolute Gasteiger partial charge is 0.391 e. The topological polar surface area (TPSA) is 77.9 Å². The van der Waals surface area contributed by atoms with Gasteiger partial charge in [0.2, 0.25) is 10.0 Å². The Balaban J connectivity index is 1.87. The van der Waals surface area contributed by atoms with Crippen molar-refractivity contribution < 1.29 is 18.3 Å². The number of carbonyl (C=O) groups excluding carboxylic acids is 1. The molecular weight excluding hydrogens is 316 g/mol. The molecule has 6 nitrogen and oxygen atoms in total. The first kappa shape index (κ1) is 16.3. The van der Waals surface area contributed by atoms with Crippen molar-refractivity contribution in [2.75, 3.05) is 30.2 Å². The summed E-state index contributed by atoms with van der Waals surface area (Å²) in [5, 5.41) is 9.72. The van der Waals surface area contributed by atoms with Crippen molar-refractivity contribution >= 4 is 21.6 Å². The zero-order chi connectivity index (χ0) is 16.6. The lowest BCUT2D eigenvalue weighted by molar-refractivity contribution is 0.0473. The Morgan fingerprint density at radius 2 is 2.04 bits per heavy atom. The van der Waals surface area contributed by atoms with Crippen LogP contribution in [0.3, 0.4) is 0 Å². The third kappa shape index (κ3) is 3.35. The number of piperidine rings is 1. The van der Waals surface area contributed by atoms with Gasteiger partial charge in [0.25, 0.3) is 5.91 Å². The van der Waals surface area contributed by atoms with E-state index < -0.39 is 16.1 Å². The highest BCUT2D eigenvalue weighted by molar-refractivity contribution is 7.92. The summed E-state index contributed by atoms with van der Waals surface area (Å²) in [5.41, 5.74) is 2.13. The molecule has 0 unspecified atom stereocenters. The number of amides is 1. The van der Waals surface area contributed by atoms with E-state index in [-0.39, 0.29) is 5.91 Å². The van der Waals surface area contributed by atoms with Gasteiger partial charge >= 0.3 is 0 Å². The zero-order valence-corrected chi connectivity index (χ0v) is 14.1. The van der Waals surface area contributed by atoms with Crippen LogP contribution >= 0.6 is 0 Å². The number of fused-ring (bicyclic) bond motifs is 1. The van der Waals surface area contributed by atoms with E-state index in [1.807, 2.05) is 0 Å². The maximum Gasteiger partial charge on any atom is 0.253 e. The van der Waals surface area contributed by atoms with Crippen molar-refractivity contribution in [1.29, 1.82) is 0 Å². The predicted molar refractivity (Wildman–Crippen MR) is 88.1 cm³/mol. The highest BCUT2D eigenvalue weighted by atomic mass is 32.2. The lowest BCUT2D eigenvalue weighted by atomic mass is 9.99. The van der Waals surface area contributed by atoms with E-state index in [2.05, 4.69) is 0 Å². The fourth-order valence-electron chi connectivity index (χ4n) is 3.36. The number of hydrogen-bond donors (Lipinski definition) is 1. The van der Waals surface area contributed by atoms with Gasteiger partial charge in [-0.05, 0) is 49.4 Å². The van der Waals surface area contributed by atoms with Gasteiger partial charge in [-0.25, -0.2) is 8.42 Å². The molecule has 23 heavy (non-hydrogen) atoms. The molecule has 0 aromatic heterocycles. The summed E-state index contributed by atoms with van der Waals surface area (Å²) in [5.74, 6) is -0.0944. The number of aliphatic hydroxyl groups is 1. The van der Waals surface area contributed by atoms with E-state index in [0.717, 1.165) is 31.2 Å². The van der Waals surface area contributed by atoms with E-state index in [0.29, 0.717) is 30.9 Å². The first-order valence-electron chi connectivity index (χ1n) is 7.94. The minimum Gasteiger partial charge on any atom is -0.391 e. The molecular formula is C16H22N2O4S. The molecule has 0 bridgehead atoms. The summed E-state index contributed by atoms with van der Waals surface area (Å²) in [6.07, 6.45) is 3.81. The van der Waals surface area contributed by atoms with Crippen molar-refractivity contribution in [1.82, 2.24) is 4.90 Å². The van der Waals surface area contributed by atoms with E-state index >= 15 is 0 Å². The Hall–Kier alpha value is -1.60. The highest BCUT2D eigenvalue weighted by Crippen LogP contribution is 2.30. The van der Waals surface area contributed by atoms with Gasteiger partial charge in [-0.2, -0.15) is 0 Å². The maximum absolute atomic E-state index is 12.6. The molecule has 2 aliphatic heterocycles. The molecule has 1 N–H and O–H groups in total. The van der Waals surface area contributed by atoms with Gasteiger partial charge < -0.3 is 10.0 Å². The SMILES string of the molecule is CS(=O)(=O)N1CCCc2cc(C(=O)N3CCC[C@H](O)C3)ccc21. The van der Waals surface area contributed by atoms with Crippen LogP contribution in [0.25, 0.3) is 0 Å². The lowest BCUT2D eigenvalue weighted by Gasteiger charge is -2.32. The molecule has 1 aromatic carbocycles. The molecule has 0 saturated carbocycles. The number of nitrogens with zero attached hydrogens (tertiary/aromatic N) is 2. The van der Waals surface area contributed by atoms with Gasteiger partial charge in [-0.3, -0.25) is 9.10 Å². The third-order valence-corrected chi connectivity index (χ3v) is 5.67. The summed E-state index contributed by atoms with van der Waals surface area (Å²) in [6.45, 7) is 1.51. The van der Waals surface area contributed by atoms with Crippen molar-refractivity contribution in [3.8, 4) is 0 Å². The highest BCUT2D eigenvalue weighted by Gasteiger charge is 2.27. The number of sulfonamides is 1. The molecule has 0 spiro atoms. The van der Waals surface area contributed by atoms with E-state index in [9.17, 15) is 18.3 Å². The zero-order valence-electron chi connectivity index (χ0n) is 13.2. The molecule has 2 heterocycles. The number of likely N-dealkylation sites (tertiary alicyclic amines) is 1. The first-order valence-corrected chi connectivity index (χ1v) is 9.79. The Bertz CT molecular complexity index is 717. The van der Waals surface area contributed by atoms with Gasteiger partial charge in [0.05, 0.1) is 18.0 Å². The number of carbonyl (C=O) groups is 1. The number of benzene rings is 1. The van der Waals surface area contributed by atoms with Gasteiger partial charge in [-0.1, -0.05) is 0 Å². The minimum atomic E-state index is -3.30. The summed E-state index contributed by atoms with van der Waals surface area (Å²) < 4.78 is 25.2. The number of anilines is 1. The lowest BCUT2D eigenvalue weighted by Crippen LogP contribution is -2.42. The fourth-order valence-corrected chi connectivity index (χ4v) is 4.36. The standard InChI is InChI=1S/C16H22N2O4S/c1-23(21,22)18-9-2-4-12-10-13(6-7-15(12)18)16(20)17-8-3-5-14(19)11-17/h6-7,10,14,19H,2-5,8-9,11H2,1H3/t14-/m0/s1. The normalized spacial score (nSPS) is 21.9. The van der Waals surface area contributed by atoms with E-state index in [4.69, 9.17) is 0 Å². The van der Waals surface area contributed by atoms with Gasteiger partial charge in [0.15, 0.2) is 0 Å². The number of β-amino-alcohol motifs (C(OH)–C–C–N with tert-alkyl or cyclic N) is 1. The average Bonchev–Trinajstić information content (AvgIpc) is 2.52. The molecule has 1 saturated heterocycles. The Morgan fingerprint density at radius 1 is 1.26 bits per heavy atom. The first-order chi connectivity index (χ1) is 10.9. The van der Waals surface area contributed by atoms with Gasteiger partial charge in [0.1, 0.15) is 0 Å². The maximum atomic E-state index is 12.6. The molecule has 0 radical (unpaired) electrons. The molecule has 1 fully saturated rings. The summed E-state index contributed by atoms with van der Waals surface area (Å²) in [7, 11) is -3.30. The van der Waals surface area contributed by atoms with E-state index in [1.54, 1.807) is 23.1 Å². The van der Waals surface area contributed by atoms with Crippen LogP contribution in [0.5, 0.6) is 0 Å². The van der Waals surface area contributed by atoms with Crippen molar-refractivity contribution in [2.45, 2.75) is 31.8 Å². The van der Waals surface area contributed by atoms with Crippen molar-refractivity contribution in [3.05, 3.63) is 29.3 Å². The summed E-state index contributed by atoms with van der Waals surface area (Å²) in [4.78, 5) is 14.3. The second-order valence-corrected chi connectivity index (χ2v) is 8.24. The number of hydrogen-bond acceptors (Lipinski definition) is 4. The molecule has 7 heteroatoms. The van der Waals surface area contributed by atoms with E-state index in [1.165, 1.54) is 10.6 Å². The summed E-state index contributed by atoms with van der Waals surface area (Å²) in [6, 6.07) is 5.21. The molecule has 1 atom stereocenters. The predicted octanol–water partition coefficient (Wildman–Crippen LogP) is 0.996. The third-order valence-electron chi connectivity index (χ3n) is 4.49. The van der Waals surface area contributed by atoms with Gasteiger partial charge in [-0.15, -0.1) is 0 Å².